The summed E-state index contributed by atoms with van der Waals surface area (Å²) in [6.45, 7) is 3.09. The van der Waals surface area contributed by atoms with E-state index >= 15 is 0 Å². The van der Waals surface area contributed by atoms with Crippen molar-refractivity contribution in [2.24, 2.45) is 5.11 Å². The molecule has 0 amide bonds. The Bertz CT molecular complexity index is 553. The first-order valence-electron chi connectivity index (χ1n) is 7.59. The zero-order valence-electron chi connectivity index (χ0n) is 14.4. The van der Waals surface area contributed by atoms with Crippen LogP contribution in [0.25, 0.3) is 10.4 Å². The smallest absolute Gasteiger partial charge is 0.305 e. The van der Waals surface area contributed by atoms with Crippen LogP contribution in [0.4, 0.5) is 0 Å². The standard InChI is InChI=1S/C13H19N3O8/c1-6(17)21-5-9-11(22-7(2)18)10(15-16-14)12(20-4)13(24-9)23-8(3)19/h9-13H,5H2,1-4H3/t9-,10+,11+,12-,13?/m1/s1/i4D. The molecule has 0 radical (unpaired) electrons. The highest BCUT2D eigenvalue weighted by Gasteiger charge is 2.49. The lowest BCUT2D eigenvalue weighted by Crippen LogP contribution is -2.60. The van der Waals surface area contributed by atoms with E-state index in [1.54, 1.807) is 0 Å². The van der Waals surface area contributed by atoms with Crippen LogP contribution in [0.2, 0.25) is 0 Å². The van der Waals surface area contributed by atoms with Crippen LogP contribution >= 0.6 is 0 Å². The molecule has 0 aromatic rings. The van der Waals surface area contributed by atoms with Crippen molar-refractivity contribution in [3.8, 4) is 0 Å². The molecule has 1 fully saturated rings. The Labute approximate surface area is 139 Å². The van der Waals surface area contributed by atoms with Gasteiger partial charge in [0.2, 0.25) is 6.29 Å². The lowest BCUT2D eigenvalue weighted by atomic mass is 9.96. The van der Waals surface area contributed by atoms with Gasteiger partial charge in [0.1, 0.15) is 31.0 Å². The van der Waals surface area contributed by atoms with Crippen molar-refractivity contribution in [2.75, 3.05) is 13.7 Å². The highest BCUT2D eigenvalue weighted by atomic mass is 16.7. The maximum atomic E-state index is 11.4. The number of ether oxygens (including phenoxy) is 5. The quantitative estimate of drug-likeness (QED) is 0.222. The number of azide groups is 1. The van der Waals surface area contributed by atoms with Crippen molar-refractivity contribution < 1.29 is 39.4 Å². The molecule has 1 heterocycles. The van der Waals surface area contributed by atoms with Crippen LogP contribution in [0, 0.1) is 0 Å². The highest BCUT2D eigenvalue weighted by molar-refractivity contribution is 5.67. The molecule has 1 unspecified atom stereocenters. The van der Waals surface area contributed by atoms with Gasteiger partial charge in [-0.1, -0.05) is 5.11 Å². The van der Waals surface area contributed by atoms with Gasteiger partial charge in [-0.05, 0) is 5.53 Å². The third kappa shape index (κ3) is 5.37. The molecule has 11 heteroatoms. The molecular formula is C13H19N3O8. The SMILES string of the molecule is [2H]CO[C@H]1C(OC(C)=O)O[C@H](COC(C)=O)[C@H](OC(C)=O)[C@@H]1N=[N+]=[N-]. The number of methoxy groups -OCH3 is 1. The number of esters is 3. The van der Waals surface area contributed by atoms with Crippen LogP contribution in [0.3, 0.4) is 0 Å². The van der Waals surface area contributed by atoms with E-state index in [4.69, 9.17) is 30.6 Å². The Morgan fingerprint density at radius 2 is 1.83 bits per heavy atom. The van der Waals surface area contributed by atoms with Gasteiger partial charge < -0.3 is 23.7 Å². The van der Waals surface area contributed by atoms with Gasteiger partial charge in [-0.25, -0.2) is 0 Å². The third-order valence-corrected chi connectivity index (χ3v) is 3.03. The molecule has 134 valence electrons. The summed E-state index contributed by atoms with van der Waals surface area (Å²) in [6, 6.07) is -1.17. The molecule has 0 aromatic heterocycles. The fraction of sp³-hybridized carbons (Fsp3) is 0.769. The largest absolute Gasteiger partial charge is 0.463 e. The van der Waals surface area contributed by atoms with Crippen molar-refractivity contribution >= 4 is 17.9 Å². The van der Waals surface area contributed by atoms with E-state index in [2.05, 4.69) is 10.0 Å². The molecule has 0 aromatic carbocycles. The first-order valence-corrected chi connectivity index (χ1v) is 6.88. The van der Waals surface area contributed by atoms with E-state index < -0.39 is 55.6 Å². The van der Waals surface area contributed by atoms with Crippen LogP contribution in [0.15, 0.2) is 5.11 Å². The molecule has 1 rings (SSSR count). The van der Waals surface area contributed by atoms with Crippen LogP contribution in [0.1, 0.15) is 22.1 Å². The van der Waals surface area contributed by atoms with E-state index in [1.807, 2.05) is 0 Å². The summed E-state index contributed by atoms with van der Waals surface area (Å²) in [5.74, 6) is -2.02. The van der Waals surface area contributed by atoms with Crippen molar-refractivity contribution in [2.45, 2.75) is 51.4 Å². The molecule has 24 heavy (non-hydrogen) atoms. The monoisotopic (exact) mass is 346 g/mol. The summed E-state index contributed by atoms with van der Waals surface area (Å²) in [6.07, 6.45) is -4.77. The van der Waals surface area contributed by atoms with Gasteiger partial charge in [-0.3, -0.25) is 14.4 Å². The Balaban J connectivity index is 3.19. The zero-order chi connectivity index (χ0) is 19.0. The second-order valence-electron chi connectivity index (χ2n) is 4.86. The first kappa shape index (κ1) is 18.0. The van der Waals surface area contributed by atoms with Crippen LogP contribution in [-0.2, 0) is 38.1 Å². The lowest BCUT2D eigenvalue weighted by Gasteiger charge is -2.42. The predicted molar refractivity (Wildman–Crippen MR) is 76.3 cm³/mol. The molecule has 1 aliphatic heterocycles. The van der Waals surface area contributed by atoms with Gasteiger partial charge in [0.15, 0.2) is 0 Å². The van der Waals surface area contributed by atoms with Crippen LogP contribution in [-0.4, -0.2) is 62.2 Å². The van der Waals surface area contributed by atoms with E-state index in [1.165, 1.54) is 6.92 Å². The van der Waals surface area contributed by atoms with Gasteiger partial charge in [0.05, 0.1) is 1.37 Å². The summed E-state index contributed by atoms with van der Waals surface area (Å²) in [5.41, 5.74) is 8.81. The minimum atomic E-state index is -1.34. The fourth-order valence-electron chi connectivity index (χ4n) is 2.19. The van der Waals surface area contributed by atoms with Gasteiger partial charge in [0, 0.05) is 32.8 Å². The van der Waals surface area contributed by atoms with Crippen LogP contribution < -0.4 is 0 Å². The number of nitrogens with zero attached hydrogens (tertiary/aromatic N) is 3. The van der Waals surface area contributed by atoms with E-state index in [9.17, 15) is 14.4 Å². The van der Waals surface area contributed by atoms with E-state index in [0.29, 0.717) is 0 Å². The van der Waals surface area contributed by atoms with Gasteiger partial charge >= 0.3 is 17.9 Å². The molecule has 11 nitrogen and oxygen atoms in total. The molecule has 1 aliphatic rings. The maximum absolute atomic E-state index is 11.4. The summed E-state index contributed by atoms with van der Waals surface area (Å²) < 4.78 is 32.8. The van der Waals surface area contributed by atoms with E-state index in [0.717, 1.165) is 13.8 Å². The van der Waals surface area contributed by atoms with Gasteiger partial charge in [-0.15, -0.1) is 0 Å². The Kier molecular flexibility index (Phi) is 6.79. The van der Waals surface area contributed by atoms with Gasteiger partial charge in [-0.2, -0.15) is 0 Å². The van der Waals surface area contributed by atoms with Crippen LogP contribution in [0.5, 0.6) is 0 Å². The Hall–Kier alpha value is -2.36. The third-order valence-electron chi connectivity index (χ3n) is 3.03. The number of rotatable bonds is 6. The normalized spacial score (nSPS) is 29.6. The second kappa shape index (κ2) is 9.06. The summed E-state index contributed by atoms with van der Waals surface area (Å²) in [7, 11) is -0.551. The average molecular weight is 346 g/mol. The fourth-order valence-corrected chi connectivity index (χ4v) is 2.19. The Morgan fingerprint density at radius 1 is 1.17 bits per heavy atom. The van der Waals surface area contributed by atoms with Crippen molar-refractivity contribution in [3.05, 3.63) is 10.4 Å². The van der Waals surface area contributed by atoms with Gasteiger partial charge in [0.25, 0.3) is 0 Å². The average Bonchev–Trinajstić information content (AvgIpc) is 2.50. The van der Waals surface area contributed by atoms with Crippen molar-refractivity contribution in [3.63, 3.8) is 0 Å². The molecule has 0 saturated carbocycles. The predicted octanol–water partition coefficient (Wildman–Crippen LogP) is 0.463. The summed E-state index contributed by atoms with van der Waals surface area (Å²) in [4.78, 5) is 36.4. The van der Waals surface area contributed by atoms with Crippen molar-refractivity contribution in [1.29, 1.82) is 0 Å². The number of carbonyl (C=O) groups excluding carboxylic acids is 3. The summed E-state index contributed by atoms with van der Waals surface area (Å²) >= 11 is 0. The summed E-state index contributed by atoms with van der Waals surface area (Å²) in [5, 5.41) is 3.54. The maximum Gasteiger partial charge on any atom is 0.305 e. The van der Waals surface area contributed by atoms with E-state index in [-0.39, 0.29) is 6.61 Å². The molecule has 0 spiro atoms. The molecular weight excluding hydrogens is 326 g/mol. The molecule has 1 saturated heterocycles. The lowest BCUT2D eigenvalue weighted by molar-refractivity contribution is -0.275. The molecule has 5 atom stereocenters. The molecule has 0 N–H and O–H groups in total. The molecule has 0 bridgehead atoms. The minimum absolute atomic E-state index is 0.337. The Morgan fingerprint density at radius 3 is 2.33 bits per heavy atom. The second-order valence-corrected chi connectivity index (χ2v) is 4.86. The topological polar surface area (TPSA) is 146 Å². The minimum Gasteiger partial charge on any atom is -0.463 e. The number of hydrogen-bond donors (Lipinski definition) is 0. The first-order chi connectivity index (χ1) is 11.8. The number of carbonyl (C=O) groups is 3. The number of hydrogen-bond acceptors (Lipinski definition) is 9. The van der Waals surface area contributed by atoms with Crippen molar-refractivity contribution in [1.82, 2.24) is 0 Å². The highest BCUT2D eigenvalue weighted by Crippen LogP contribution is 2.29. The zero-order valence-corrected chi connectivity index (χ0v) is 13.4. The molecule has 0 aliphatic carbocycles.